The molecule has 1 N–H and O–H groups in total. The van der Waals surface area contributed by atoms with Gasteiger partial charge in [-0.05, 0) is 17.7 Å². The summed E-state index contributed by atoms with van der Waals surface area (Å²) >= 11 is 7.16. The highest BCUT2D eigenvalue weighted by molar-refractivity contribution is 7.09. The van der Waals surface area contributed by atoms with E-state index < -0.39 is 0 Å². The van der Waals surface area contributed by atoms with Crippen molar-refractivity contribution in [3.05, 3.63) is 40.7 Å². The topological polar surface area (TPSA) is 67.3 Å². The summed E-state index contributed by atoms with van der Waals surface area (Å²) in [6, 6.07) is 7.60. The predicted octanol–water partition coefficient (Wildman–Crippen LogP) is 1.98. The average molecular weight is 355 g/mol. The van der Waals surface area contributed by atoms with Gasteiger partial charge in [-0.2, -0.15) is 4.37 Å². The molecular formula is C15H19ClN4O2S. The maximum atomic E-state index is 11.8. The first-order chi connectivity index (χ1) is 11.1. The molecule has 1 aromatic carbocycles. The number of nitrogens with zero attached hydrogens (tertiary/aromatic N) is 3. The second-order valence-corrected chi connectivity index (χ2v) is 6.16. The number of anilines is 1. The third-order valence-corrected chi connectivity index (χ3v) is 4.19. The Bertz CT molecular complexity index is 633. The third-order valence-electron chi connectivity index (χ3n) is 3.07. The highest BCUT2D eigenvalue weighted by Gasteiger charge is 2.12. The zero-order chi connectivity index (χ0) is 16.7. The molecule has 0 aliphatic heterocycles. The minimum atomic E-state index is -0.0704. The number of methoxy groups -OCH3 is 1. The molecule has 0 aliphatic rings. The van der Waals surface area contributed by atoms with Gasteiger partial charge in [-0.1, -0.05) is 23.7 Å². The van der Waals surface area contributed by atoms with Gasteiger partial charge in [0, 0.05) is 43.7 Å². The average Bonchev–Trinajstić information content (AvgIpc) is 2.98. The van der Waals surface area contributed by atoms with E-state index in [0.717, 1.165) is 16.5 Å². The number of hydrogen-bond donors (Lipinski definition) is 1. The summed E-state index contributed by atoms with van der Waals surface area (Å²) in [5.74, 6) is 0.665. The first kappa shape index (κ1) is 17.7. The summed E-state index contributed by atoms with van der Waals surface area (Å²) < 4.78 is 9.23. The van der Waals surface area contributed by atoms with Crippen molar-refractivity contribution in [2.24, 2.45) is 0 Å². The molecule has 2 aromatic rings. The van der Waals surface area contributed by atoms with Crippen LogP contribution < -0.4 is 10.2 Å². The van der Waals surface area contributed by atoms with Crippen molar-refractivity contribution < 1.29 is 9.53 Å². The van der Waals surface area contributed by atoms with E-state index in [1.54, 1.807) is 12.0 Å². The van der Waals surface area contributed by atoms with Crippen molar-refractivity contribution in [2.75, 3.05) is 38.8 Å². The smallest absolute Gasteiger partial charge is 0.239 e. The molecule has 1 aromatic heterocycles. The number of benzene rings is 1. The lowest BCUT2D eigenvalue weighted by atomic mass is 10.1. The molecule has 6 nitrogen and oxygen atoms in total. The Balaban J connectivity index is 1.87. The second-order valence-electron chi connectivity index (χ2n) is 5.00. The lowest BCUT2D eigenvalue weighted by Gasteiger charge is -2.14. The fourth-order valence-electron chi connectivity index (χ4n) is 1.89. The van der Waals surface area contributed by atoms with Crippen molar-refractivity contribution >= 4 is 34.2 Å². The van der Waals surface area contributed by atoms with Crippen molar-refractivity contribution in [3.8, 4) is 0 Å². The predicted molar refractivity (Wildman–Crippen MR) is 92.3 cm³/mol. The van der Waals surface area contributed by atoms with E-state index in [0.29, 0.717) is 24.6 Å². The van der Waals surface area contributed by atoms with Gasteiger partial charge < -0.3 is 15.0 Å². The molecule has 0 radical (unpaired) electrons. The van der Waals surface area contributed by atoms with E-state index in [-0.39, 0.29) is 12.5 Å². The molecular weight excluding hydrogens is 336 g/mol. The number of likely N-dealkylation sites (N-methyl/N-ethyl adjacent to an activating group) is 1. The number of rotatable bonds is 8. The normalized spacial score (nSPS) is 10.6. The quantitative estimate of drug-likeness (QED) is 0.734. The molecule has 0 saturated heterocycles. The Kier molecular flexibility index (Phi) is 6.76. The molecule has 124 valence electrons. The summed E-state index contributed by atoms with van der Waals surface area (Å²) in [6.45, 7) is 1.24. The Morgan fingerprint density at radius 1 is 1.39 bits per heavy atom. The van der Waals surface area contributed by atoms with Crippen LogP contribution in [-0.4, -0.2) is 49.1 Å². The van der Waals surface area contributed by atoms with Gasteiger partial charge in [0.15, 0.2) is 0 Å². The van der Waals surface area contributed by atoms with Gasteiger partial charge in [-0.15, -0.1) is 0 Å². The van der Waals surface area contributed by atoms with E-state index in [1.165, 1.54) is 11.5 Å². The van der Waals surface area contributed by atoms with Crippen LogP contribution in [0.5, 0.6) is 0 Å². The largest absolute Gasteiger partial charge is 0.383 e. The number of hydrogen-bond acceptors (Lipinski definition) is 6. The number of carbonyl (C=O) groups is 1. The summed E-state index contributed by atoms with van der Waals surface area (Å²) in [6.07, 6.45) is 0.640. The van der Waals surface area contributed by atoms with Gasteiger partial charge in [-0.25, -0.2) is 4.98 Å². The minimum absolute atomic E-state index is 0.0704. The molecule has 0 saturated carbocycles. The van der Waals surface area contributed by atoms with Crippen LogP contribution in [0.4, 0.5) is 5.13 Å². The van der Waals surface area contributed by atoms with Gasteiger partial charge in [-0.3, -0.25) is 4.79 Å². The molecule has 0 atom stereocenters. The highest BCUT2D eigenvalue weighted by Crippen LogP contribution is 2.18. The number of ether oxygens (including phenoxy) is 1. The number of carbonyl (C=O) groups excluding carboxylic acids is 1. The van der Waals surface area contributed by atoms with Crippen LogP contribution in [0.1, 0.15) is 11.4 Å². The van der Waals surface area contributed by atoms with E-state index in [9.17, 15) is 4.79 Å². The van der Waals surface area contributed by atoms with Crippen molar-refractivity contribution in [2.45, 2.75) is 6.42 Å². The zero-order valence-corrected chi connectivity index (χ0v) is 14.7. The van der Waals surface area contributed by atoms with E-state index >= 15 is 0 Å². The fourth-order valence-corrected chi connectivity index (χ4v) is 2.66. The molecule has 0 aliphatic carbocycles. The molecule has 8 heteroatoms. The molecule has 1 amide bonds. The monoisotopic (exact) mass is 354 g/mol. The van der Waals surface area contributed by atoms with E-state index in [2.05, 4.69) is 14.7 Å². The van der Waals surface area contributed by atoms with Crippen LogP contribution in [0, 0.1) is 0 Å². The lowest BCUT2D eigenvalue weighted by molar-refractivity contribution is -0.119. The molecule has 0 fully saturated rings. The number of halogens is 1. The summed E-state index contributed by atoms with van der Waals surface area (Å²) in [5, 5.41) is 4.20. The molecule has 0 unspecified atom stereocenters. The van der Waals surface area contributed by atoms with Crippen LogP contribution >= 0.6 is 23.1 Å². The number of aromatic nitrogens is 2. The Labute approximate surface area is 144 Å². The maximum absolute atomic E-state index is 11.8. The SMILES string of the molecule is COCCNC(=O)CN(C)c1nc(Cc2ccc(Cl)cc2)ns1. The number of nitrogens with one attached hydrogen (secondary N) is 1. The van der Waals surface area contributed by atoms with Gasteiger partial charge in [0.2, 0.25) is 11.0 Å². The van der Waals surface area contributed by atoms with Crippen LogP contribution in [0.2, 0.25) is 5.02 Å². The fraction of sp³-hybridized carbons (Fsp3) is 0.400. The van der Waals surface area contributed by atoms with E-state index in [4.69, 9.17) is 16.3 Å². The van der Waals surface area contributed by atoms with Crippen LogP contribution in [0.3, 0.4) is 0 Å². The standard InChI is InChI=1S/C15H19ClN4O2S/c1-20(10-14(21)17-7-8-22-2)15-18-13(19-23-15)9-11-3-5-12(16)6-4-11/h3-6H,7-10H2,1-2H3,(H,17,21). The Hall–Kier alpha value is -1.70. The van der Waals surface area contributed by atoms with Crippen molar-refractivity contribution in [1.82, 2.24) is 14.7 Å². The lowest BCUT2D eigenvalue weighted by Crippen LogP contribution is -2.36. The Morgan fingerprint density at radius 2 is 2.13 bits per heavy atom. The van der Waals surface area contributed by atoms with Crippen LogP contribution in [0.25, 0.3) is 0 Å². The summed E-state index contributed by atoms with van der Waals surface area (Å²) in [5.41, 5.74) is 1.10. The van der Waals surface area contributed by atoms with Gasteiger partial charge in [0.1, 0.15) is 5.82 Å². The van der Waals surface area contributed by atoms with Crippen molar-refractivity contribution in [1.29, 1.82) is 0 Å². The van der Waals surface area contributed by atoms with Gasteiger partial charge in [0.25, 0.3) is 0 Å². The highest BCUT2D eigenvalue weighted by atomic mass is 35.5. The van der Waals surface area contributed by atoms with Gasteiger partial charge >= 0.3 is 0 Å². The minimum Gasteiger partial charge on any atom is -0.383 e. The number of amides is 1. The third kappa shape index (κ3) is 5.78. The first-order valence-electron chi connectivity index (χ1n) is 7.12. The summed E-state index contributed by atoms with van der Waals surface area (Å²) in [4.78, 5) is 18.0. The molecule has 0 bridgehead atoms. The zero-order valence-electron chi connectivity index (χ0n) is 13.1. The molecule has 23 heavy (non-hydrogen) atoms. The van der Waals surface area contributed by atoms with Crippen LogP contribution in [-0.2, 0) is 16.0 Å². The summed E-state index contributed by atoms with van der Waals surface area (Å²) in [7, 11) is 3.42. The maximum Gasteiger partial charge on any atom is 0.239 e. The van der Waals surface area contributed by atoms with Crippen molar-refractivity contribution in [3.63, 3.8) is 0 Å². The Morgan fingerprint density at radius 3 is 2.83 bits per heavy atom. The van der Waals surface area contributed by atoms with Gasteiger partial charge in [0.05, 0.1) is 13.2 Å². The first-order valence-corrected chi connectivity index (χ1v) is 8.27. The molecule has 2 rings (SSSR count). The molecule has 0 spiro atoms. The van der Waals surface area contributed by atoms with Crippen LogP contribution in [0.15, 0.2) is 24.3 Å². The molecule has 1 heterocycles. The second kappa shape index (κ2) is 8.81. The van der Waals surface area contributed by atoms with E-state index in [1.807, 2.05) is 31.3 Å².